The van der Waals surface area contributed by atoms with Crippen LogP contribution < -0.4 is 21.1 Å². The van der Waals surface area contributed by atoms with Gasteiger partial charge in [0.15, 0.2) is 0 Å². The maximum Gasteiger partial charge on any atom is 0.414 e. The largest absolute Gasteiger partial charge is 0.444 e. The average Bonchev–Trinajstić information content (AvgIpc) is 3.38. The van der Waals surface area contributed by atoms with Gasteiger partial charge in [-0.05, 0) is 48.2 Å². The number of cyclic esters (lactones) is 1. The van der Waals surface area contributed by atoms with Crippen molar-refractivity contribution in [1.29, 1.82) is 0 Å². The van der Waals surface area contributed by atoms with E-state index >= 15 is 0 Å². The van der Waals surface area contributed by atoms with Crippen molar-refractivity contribution in [3.05, 3.63) is 64.4 Å². The summed E-state index contributed by atoms with van der Waals surface area (Å²) in [5, 5.41) is 7.47. The number of nitrogens with one attached hydrogen (secondary N) is 2. The number of carbonyl (C=O) groups excluding carboxylic acids is 2. The van der Waals surface area contributed by atoms with Gasteiger partial charge in [0.25, 0.3) is 5.56 Å². The van der Waals surface area contributed by atoms with Crippen molar-refractivity contribution in [2.45, 2.75) is 30.0 Å². The maximum absolute atomic E-state index is 12.5. The van der Waals surface area contributed by atoms with Crippen LogP contribution in [-0.2, 0) is 16.1 Å². The highest BCUT2D eigenvalue weighted by molar-refractivity contribution is 8.00. The van der Waals surface area contributed by atoms with E-state index in [1.165, 1.54) is 11.8 Å². The lowest BCUT2D eigenvalue weighted by molar-refractivity contribution is -0.113. The molecule has 8 nitrogen and oxygen atoms in total. The number of benzene rings is 2. The van der Waals surface area contributed by atoms with Crippen molar-refractivity contribution in [2.75, 3.05) is 29.1 Å². The summed E-state index contributed by atoms with van der Waals surface area (Å²) < 4.78 is 7.42. The molecule has 0 bridgehead atoms. The molecule has 168 valence electrons. The predicted octanol–water partition coefficient (Wildman–Crippen LogP) is 3.11. The fraction of sp³-hybridized carbons (Fsp3) is 0.292. The summed E-state index contributed by atoms with van der Waals surface area (Å²) in [5.74, 6) is 0.368. The Morgan fingerprint density at radius 3 is 2.91 bits per heavy atom. The smallest absolute Gasteiger partial charge is 0.414 e. The maximum atomic E-state index is 12.5. The van der Waals surface area contributed by atoms with Crippen LogP contribution in [0.3, 0.4) is 0 Å². The second-order valence-corrected chi connectivity index (χ2v) is 9.51. The Morgan fingerprint density at radius 1 is 1.09 bits per heavy atom. The van der Waals surface area contributed by atoms with Gasteiger partial charge in [-0.15, -0.1) is 11.8 Å². The fourth-order valence-corrected chi connectivity index (χ4v) is 5.63. The number of nitrogens with zero attached hydrogens (tertiary/aromatic N) is 2. The van der Waals surface area contributed by atoms with Crippen LogP contribution in [0.5, 0.6) is 0 Å². The third-order valence-electron chi connectivity index (χ3n) is 6.42. The number of hydrogen-bond donors (Lipinski definition) is 2. The molecule has 9 heteroatoms. The highest BCUT2D eigenvalue weighted by Crippen LogP contribution is 2.36. The number of para-hydroxylation sites is 1. The number of hydrogen-bond acceptors (Lipinski definition) is 6. The molecule has 2 aromatic carbocycles. The van der Waals surface area contributed by atoms with Crippen LogP contribution in [0.4, 0.5) is 16.2 Å². The first-order valence-corrected chi connectivity index (χ1v) is 12.0. The Kier molecular flexibility index (Phi) is 4.88. The van der Waals surface area contributed by atoms with E-state index in [4.69, 9.17) is 4.74 Å². The van der Waals surface area contributed by atoms with E-state index < -0.39 is 0 Å². The standard InChI is InChI=1S/C24H22N4O4S/c29-21-13-33-20-6-5-15(10-18(20)26-21)27-11-16(32-24(27)31)8-9-25-19-12-28-22(30)7-4-14-2-1-3-17(19)23(14)28/h1-7,10,16,19,25H,8-9,11-13H2,(H,26,29)/t16-,19+/m1/s1. The van der Waals surface area contributed by atoms with Gasteiger partial charge in [-0.25, -0.2) is 4.79 Å². The summed E-state index contributed by atoms with van der Waals surface area (Å²) in [4.78, 5) is 39.1. The highest BCUT2D eigenvalue weighted by Gasteiger charge is 2.33. The third kappa shape index (κ3) is 3.57. The SMILES string of the molecule is O=C1CSc2ccc(N3C[C@@H](CCN[C@H]4Cn5c(=O)ccc6cccc4c65)OC3=O)cc2N1. The Hall–Kier alpha value is -3.30. The lowest BCUT2D eigenvalue weighted by Crippen LogP contribution is -2.29. The number of anilines is 2. The molecule has 0 unspecified atom stereocenters. The van der Waals surface area contributed by atoms with E-state index in [-0.39, 0.29) is 29.7 Å². The number of carbonyl (C=O) groups is 2. The summed E-state index contributed by atoms with van der Waals surface area (Å²) in [7, 11) is 0. The number of ether oxygens (including phenoxy) is 1. The summed E-state index contributed by atoms with van der Waals surface area (Å²) >= 11 is 1.49. The van der Waals surface area contributed by atoms with Gasteiger partial charge in [0.2, 0.25) is 5.91 Å². The van der Waals surface area contributed by atoms with Crippen LogP contribution >= 0.6 is 11.8 Å². The summed E-state index contributed by atoms with van der Waals surface area (Å²) in [5.41, 5.74) is 3.59. The van der Waals surface area contributed by atoms with Crippen LogP contribution in [0.25, 0.3) is 10.9 Å². The van der Waals surface area contributed by atoms with E-state index in [1.807, 2.05) is 41.0 Å². The van der Waals surface area contributed by atoms with Crippen LogP contribution in [0, 0.1) is 0 Å². The molecule has 2 N–H and O–H groups in total. The number of aromatic nitrogens is 1. The molecule has 33 heavy (non-hydrogen) atoms. The molecule has 3 aliphatic rings. The number of pyridine rings is 1. The molecule has 1 aromatic heterocycles. The normalized spacial score (nSPS) is 21.3. The van der Waals surface area contributed by atoms with Gasteiger partial charge < -0.3 is 19.9 Å². The van der Waals surface area contributed by atoms with Gasteiger partial charge in [0, 0.05) is 23.2 Å². The Balaban J connectivity index is 1.10. The quantitative estimate of drug-likeness (QED) is 0.605. The molecule has 3 aromatic rings. The summed E-state index contributed by atoms with van der Waals surface area (Å²) in [6.07, 6.45) is 0.0592. The minimum atomic E-state index is -0.376. The fourth-order valence-electron chi connectivity index (χ4n) is 4.85. The van der Waals surface area contributed by atoms with E-state index in [9.17, 15) is 14.4 Å². The Morgan fingerprint density at radius 2 is 2.00 bits per heavy atom. The molecule has 0 radical (unpaired) electrons. The molecule has 1 saturated heterocycles. The van der Waals surface area contributed by atoms with Crippen molar-refractivity contribution in [3.63, 3.8) is 0 Å². The summed E-state index contributed by atoms with van der Waals surface area (Å²) in [6.45, 7) is 1.72. The van der Waals surface area contributed by atoms with Gasteiger partial charge in [0.05, 0.1) is 29.5 Å². The number of fused-ring (bicyclic) bond motifs is 1. The van der Waals surface area contributed by atoms with Crippen molar-refractivity contribution in [2.24, 2.45) is 0 Å². The van der Waals surface area contributed by atoms with Crippen molar-refractivity contribution in [1.82, 2.24) is 9.88 Å². The van der Waals surface area contributed by atoms with Crippen molar-refractivity contribution >= 4 is 46.0 Å². The van der Waals surface area contributed by atoms with Gasteiger partial charge in [0.1, 0.15) is 6.10 Å². The van der Waals surface area contributed by atoms with Crippen LogP contribution in [0.1, 0.15) is 18.0 Å². The van der Waals surface area contributed by atoms with E-state index in [2.05, 4.69) is 16.7 Å². The minimum absolute atomic E-state index is 0.0132. The van der Waals surface area contributed by atoms with Gasteiger partial charge in [-0.1, -0.05) is 18.2 Å². The van der Waals surface area contributed by atoms with Crippen LogP contribution in [0.15, 0.2) is 58.2 Å². The Bertz CT molecular complexity index is 1350. The molecule has 4 heterocycles. The lowest BCUT2D eigenvalue weighted by Gasteiger charge is -2.20. The van der Waals surface area contributed by atoms with Gasteiger partial charge >= 0.3 is 6.09 Å². The highest BCUT2D eigenvalue weighted by atomic mass is 32.2. The van der Waals surface area contributed by atoms with Crippen LogP contribution in [-0.4, -0.2) is 41.5 Å². The topological polar surface area (TPSA) is 92.7 Å². The first-order valence-electron chi connectivity index (χ1n) is 11.0. The first kappa shape index (κ1) is 20.3. The molecule has 3 aliphatic heterocycles. The molecule has 0 saturated carbocycles. The van der Waals surface area contributed by atoms with Gasteiger partial charge in [-0.2, -0.15) is 0 Å². The van der Waals surface area contributed by atoms with Crippen molar-refractivity contribution < 1.29 is 14.3 Å². The Labute approximate surface area is 193 Å². The average molecular weight is 463 g/mol. The van der Waals surface area contributed by atoms with E-state index in [0.717, 1.165) is 27.0 Å². The van der Waals surface area contributed by atoms with Gasteiger partial charge in [-0.3, -0.25) is 14.5 Å². The minimum Gasteiger partial charge on any atom is -0.444 e. The second-order valence-electron chi connectivity index (χ2n) is 8.50. The van der Waals surface area contributed by atoms with Crippen LogP contribution in [0.2, 0.25) is 0 Å². The zero-order valence-corrected chi connectivity index (χ0v) is 18.6. The molecule has 2 atom stereocenters. The number of amides is 2. The number of thioether (sulfide) groups is 1. The summed E-state index contributed by atoms with van der Waals surface area (Å²) in [6, 6.07) is 15.3. The molecule has 2 amide bonds. The third-order valence-corrected chi connectivity index (χ3v) is 7.49. The first-order chi connectivity index (χ1) is 16.1. The zero-order valence-electron chi connectivity index (χ0n) is 17.7. The molecular weight excluding hydrogens is 440 g/mol. The predicted molar refractivity (Wildman–Crippen MR) is 127 cm³/mol. The van der Waals surface area contributed by atoms with E-state index in [1.54, 1.807) is 11.0 Å². The molecular formula is C24H22N4O4S. The monoisotopic (exact) mass is 462 g/mol. The second kappa shape index (κ2) is 7.93. The van der Waals surface area contributed by atoms with E-state index in [0.29, 0.717) is 37.5 Å². The molecule has 0 spiro atoms. The molecule has 6 rings (SSSR count). The molecule has 1 fully saturated rings. The zero-order chi connectivity index (χ0) is 22.5. The lowest BCUT2D eigenvalue weighted by atomic mass is 10.1. The number of rotatable bonds is 5. The molecule has 0 aliphatic carbocycles. The van der Waals surface area contributed by atoms with Crippen molar-refractivity contribution in [3.8, 4) is 0 Å².